The molecule has 0 aromatic rings. The summed E-state index contributed by atoms with van der Waals surface area (Å²) in [5, 5.41) is 0. The Kier molecular flexibility index (Phi) is 3.11. The fourth-order valence-corrected chi connectivity index (χ4v) is 4.78. The zero-order chi connectivity index (χ0) is 13.0. The van der Waals surface area contributed by atoms with Gasteiger partial charge < -0.3 is 0 Å². The van der Waals surface area contributed by atoms with Gasteiger partial charge in [-0.05, 0) is 57.8 Å². The molecule has 0 nitrogen and oxygen atoms in total. The first-order valence-electron chi connectivity index (χ1n) is 6.89. The van der Waals surface area contributed by atoms with Crippen molar-refractivity contribution in [1.29, 1.82) is 0 Å². The van der Waals surface area contributed by atoms with Crippen LogP contribution < -0.4 is 0 Å². The SMILES string of the molecule is CC1=CCC(C23CCC(I)(CC2)C(F)=C3F)CC1. The van der Waals surface area contributed by atoms with Gasteiger partial charge in [0.1, 0.15) is 11.7 Å². The minimum Gasteiger partial charge on any atom is -0.208 e. The normalized spacial score (nSPS) is 44.2. The van der Waals surface area contributed by atoms with Crippen molar-refractivity contribution in [1.82, 2.24) is 0 Å². The number of rotatable bonds is 1. The fraction of sp³-hybridized carbons (Fsp3) is 0.733. The van der Waals surface area contributed by atoms with Crippen LogP contribution in [0.25, 0.3) is 0 Å². The van der Waals surface area contributed by atoms with E-state index in [-0.39, 0.29) is 0 Å². The summed E-state index contributed by atoms with van der Waals surface area (Å²) in [5.41, 5.74) is 0.941. The lowest BCUT2D eigenvalue weighted by atomic mass is 9.56. The van der Waals surface area contributed by atoms with E-state index in [1.54, 1.807) is 0 Å². The predicted octanol–water partition coefficient (Wildman–Crippen LogP) is 5.63. The summed E-state index contributed by atoms with van der Waals surface area (Å²) >= 11 is 2.13. The van der Waals surface area contributed by atoms with Gasteiger partial charge in [-0.1, -0.05) is 34.2 Å². The Labute approximate surface area is 121 Å². The third kappa shape index (κ3) is 1.72. The maximum Gasteiger partial charge on any atom is 0.148 e. The topological polar surface area (TPSA) is 0 Å². The Morgan fingerprint density at radius 1 is 1.17 bits per heavy atom. The van der Waals surface area contributed by atoms with E-state index < -0.39 is 20.5 Å². The van der Waals surface area contributed by atoms with E-state index >= 15 is 0 Å². The molecule has 1 atom stereocenters. The number of alkyl halides is 1. The second-order valence-electron chi connectivity index (χ2n) is 6.27. The second-order valence-corrected chi connectivity index (χ2v) is 8.34. The molecule has 0 radical (unpaired) electrons. The van der Waals surface area contributed by atoms with Crippen molar-refractivity contribution in [3.8, 4) is 0 Å². The Morgan fingerprint density at radius 2 is 1.83 bits per heavy atom. The molecule has 1 unspecified atom stereocenters. The first-order chi connectivity index (χ1) is 8.48. The van der Waals surface area contributed by atoms with Crippen LogP contribution in [-0.4, -0.2) is 3.42 Å². The lowest BCUT2D eigenvalue weighted by molar-refractivity contribution is 0.0604. The molecule has 0 aromatic heterocycles. The van der Waals surface area contributed by atoms with Crippen molar-refractivity contribution in [2.75, 3.05) is 0 Å². The number of hydrogen-bond acceptors (Lipinski definition) is 0. The van der Waals surface area contributed by atoms with Gasteiger partial charge in [0.2, 0.25) is 0 Å². The molecule has 3 heteroatoms. The minimum atomic E-state index is -0.524. The number of hydrogen-bond donors (Lipinski definition) is 0. The summed E-state index contributed by atoms with van der Waals surface area (Å²) in [6.07, 6.45) is 8.54. The Balaban J connectivity index is 1.96. The highest BCUT2D eigenvalue weighted by molar-refractivity contribution is 14.1. The lowest BCUT2D eigenvalue weighted by Gasteiger charge is -2.52. The molecule has 0 heterocycles. The fourth-order valence-electron chi connectivity index (χ4n) is 4.00. The van der Waals surface area contributed by atoms with E-state index in [4.69, 9.17) is 0 Å². The Hall–Kier alpha value is 0.0700. The molecule has 0 aromatic carbocycles. The van der Waals surface area contributed by atoms with Crippen LogP contribution in [0.3, 0.4) is 0 Å². The van der Waals surface area contributed by atoms with E-state index in [1.807, 2.05) is 0 Å². The van der Waals surface area contributed by atoms with Crippen molar-refractivity contribution in [3.63, 3.8) is 0 Å². The molecule has 2 bridgehead atoms. The van der Waals surface area contributed by atoms with Gasteiger partial charge in [0, 0.05) is 5.41 Å². The maximum absolute atomic E-state index is 14.5. The summed E-state index contributed by atoms with van der Waals surface area (Å²) in [5.74, 6) is -0.521. The zero-order valence-electron chi connectivity index (χ0n) is 10.7. The summed E-state index contributed by atoms with van der Waals surface area (Å²) in [6, 6.07) is 0. The van der Waals surface area contributed by atoms with Crippen LogP contribution in [0, 0.1) is 11.3 Å². The summed E-state index contributed by atoms with van der Waals surface area (Å²) in [4.78, 5) is 0. The molecule has 0 spiro atoms. The van der Waals surface area contributed by atoms with Crippen LogP contribution in [0.15, 0.2) is 23.3 Å². The van der Waals surface area contributed by atoms with Crippen molar-refractivity contribution in [2.45, 2.75) is 55.3 Å². The quantitative estimate of drug-likeness (QED) is 0.321. The molecule has 100 valence electrons. The maximum atomic E-state index is 14.5. The molecule has 0 amide bonds. The van der Waals surface area contributed by atoms with Crippen LogP contribution in [0.2, 0.25) is 0 Å². The zero-order valence-corrected chi connectivity index (χ0v) is 12.9. The van der Waals surface area contributed by atoms with Crippen molar-refractivity contribution < 1.29 is 8.78 Å². The summed E-state index contributed by atoms with van der Waals surface area (Å²) in [6.45, 7) is 2.14. The summed E-state index contributed by atoms with van der Waals surface area (Å²) in [7, 11) is 0. The Bertz CT molecular complexity index is 428. The van der Waals surface area contributed by atoms with Crippen LogP contribution in [0.4, 0.5) is 8.78 Å². The second kappa shape index (κ2) is 4.29. The lowest BCUT2D eigenvalue weighted by Crippen LogP contribution is -2.47. The minimum absolute atomic E-state index is 0.313. The van der Waals surface area contributed by atoms with Gasteiger partial charge in [0.05, 0.1) is 3.42 Å². The third-order valence-corrected chi connectivity index (χ3v) is 6.93. The first kappa shape index (κ1) is 13.1. The molecule has 18 heavy (non-hydrogen) atoms. The van der Waals surface area contributed by atoms with E-state index in [9.17, 15) is 8.78 Å². The largest absolute Gasteiger partial charge is 0.208 e. The van der Waals surface area contributed by atoms with Crippen molar-refractivity contribution in [3.05, 3.63) is 23.3 Å². The molecule has 4 aliphatic carbocycles. The van der Waals surface area contributed by atoms with E-state index in [2.05, 4.69) is 35.6 Å². The van der Waals surface area contributed by atoms with Gasteiger partial charge in [-0.3, -0.25) is 0 Å². The summed E-state index contributed by atoms with van der Waals surface area (Å²) < 4.78 is 28.2. The van der Waals surface area contributed by atoms with Gasteiger partial charge in [-0.25, -0.2) is 8.78 Å². The third-order valence-electron chi connectivity index (χ3n) is 5.38. The van der Waals surface area contributed by atoms with Crippen molar-refractivity contribution >= 4 is 22.6 Å². The van der Waals surface area contributed by atoms with Gasteiger partial charge >= 0.3 is 0 Å². The number of halogens is 3. The van der Waals surface area contributed by atoms with E-state index in [0.717, 1.165) is 44.9 Å². The highest BCUT2D eigenvalue weighted by Crippen LogP contribution is 2.64. The van der Waals surface area contributed by atoms with Gasteiger partial charge in [-0.15, -0.1) is 0 Å². The standard InChI is InChI=1S/C15H19F2I/c1-10-2-4-11(5-3-10)14-6-8-15(18,9-7-14)13(17)12(14)16/h2,11H,3-9H2,1H3. The first-order valence-corrected chi connectivity index (χ1v) is 7.97. The van der Waals surface area contributed by atoms with E-state index in [0.29, 0.717) is 5.92 Å². The Morgan fingerprint density at radius 3 is 2.39 bits per heavy atom. The molecule has 4 rings (SSSR count). The molecule has 1 fully saturated rings. The molecular formula is C15H19F2I. The molecular weight excluding hydrogens is 345 g/mol. The highest BCUT2D eigenvalue weighted by atomic mass is 127. The van der Waals surface area contributed by atoms with E-state index in [1.165, 1.54) is 5.57 Å². The highest BCUT2D eigenvalue weighted by Gasteiger charge is 2.57. The average Bonchev–Trinajstić information content (AvgIpc) is 2.38. The van der Waals surface area contributed by atoms with Gasteiger partial charge in [0.15, 0.2) is 0 Å². The van der Waals surface area contributed by atoms with Crippen LogP contribution >= 0.6 is 22.6 Å². The predicted molar refractivity (Wildman–Crippen MR) is 78.0 cm³/mol. The van der Waals surface area contributed by atoms with Crippen LogP contribution in [-0.2, 0) is 0 Å². The average molecular weight is 364 g/mol. The molecule has 0 aliphatic heterocycles. The molecule has 0 N–H and O–H groups in total. The molecule has 1 saturated carbocycles. The molecule has 4 aliphatic rings. The van der Waals surface area contributed by atoms with Crippen LogP contribution in [0.1, 0.15) is 51.9 Å². The monoisotopic (exact) mass is 364 g/mol. The van der Waals surface area contributed by atoms with Crippen LogP contribution in [0.5, 0.6) is 0 Å². The number of allylic oxidation sites excluding steroid dienone is 4. The molecule has 0 saturated heterocycles. The number of fused-ring (bicyclic) bond motifs is 2. The smallest absolute Gasteiger partial charge is 0.148 e. The van der Waals surface area contributed by atoms with Gasteiger partial charge in [-0.2, -0.15) is 0 Å². The van der Waals surface area contributed by atoms with Crippen molar-refractivity contribution in [2.24, 2.45) is 11.3 Å². The van der Waals surface area contributed by atoms with Gasteiger partial charge in [0.25, 0.3) is 0 Å².